The maximum atomic E-state index is 12.5. The predicted octanol–water partition coefficient (Wildman–Crippen LogP) is 0.399. The summed E-state index contributed by atoms with van der Waals surface area (Å²) in [6.07, 6.45) is 3.13. The molecule has 0 atom stereocenters. The molecule has 1 aliphatic carbocycles. The van der Waals surface area contributed by atoms with Crippen LogP contribution in [-0.4, -0.2) is 15.2 Å². The van der Waals surface area contributed by atoms with E-state index in [1.165, 1.54) is 11.3 Å². The Labute approximate surface area is 109 Å². The molecule has 0 aromatic carbocycles. The second-order valence-electron chi connectivity index (χ2n) is 4.88. The van der Waals surface area contributed by atoms with Gasteiger partial charge in [0.05, 0.1) is 10.6 Å². The van der Waals surface area contributed by atoms with Gasteiger partial charge in [-0.05, 0) is 38.8 Å². The molecule has 0 fully saturated rings. The van der Waals surface area contributed by atoms with Crippen molar-refractivity contribution in [2.75, 3.05) is 0 Å². The molecule has 0 saturated heterocycles. The van der Waals surface area contributed by atoms with Crippen LogP contribution in [0.15, 0.2) is 29.2 Å². The van der Waals surface area contributed by atoms with Crippen molar-refractivity contribution in [2.45, 2.75) is 26.7 Å². The highest BCUT2D eigenvalue weighted by atomic mass is 16.1. The lowest BCUT2D eigenvalue weighted by Crippen LogP contribution is -2.49. The van der Waals surface area contributed by atoms with Gasteiger partial charge in [-0.1, -0.05) is 11.6 Å². The summed E-state index contributed by atoms with van der Waals surface area (Å²) in [4.78, 5) is 28.8. The molecule has 0 bridgehead atoms. The van der Waals surface area contributed by atoms with Gasteiger partial charge in [-0.2, -0.15) is 0 Å². The second-order valence-corrected chi connectivity index (χ2v) is 4.88. The number of hydrogen-bond acceptors (Lipinski definition) is 3. The summed E-state index contributed by atoms with van der Waals surface area (Å²) in [7, 11) is 0. The van der Waals surface area contributed by atoms with Gasteiger partial charge in [-0.15, -0.1) is 0 Å². The number of ketones is 1. The van der Waals surface area contributed by atoms with Crippen LogP contribution in [0.3, 0.4) is 0 Å². The molecule has 1 aliphatic rings. The van der Waals surface area contributed by atoms with E-state index in [0.717, 1.165) is 12.0 Å². The van der Waals surface area contributed by atoms with E-state index in [2.05, 4.69) is 4.98 Å². The molecular formula is C15H14N2O2. The third-order valence-corrected chi connectivity index (χ3v) is 3.62. The monoisotopic (exact) mass is 254 g/mol. The number of hydrogen-bond donors (Lipinski definition) is 0. The standard InChI is InChI=1S/C15H14N2O2/c1-9-6-7-11(10(2)18)14-13(9)15(19)17-8-4-3-5-12(17)16-14/h3-5,8H,6-7H2,1-2H3. The van der Waals surface area contributed by atoms with Crippen LogP contribution >= 0.6 is 0 Å². The SMILES string of the molecule is CC(=O)C1=c2nc3ccccn3c(=O)c2=C(C)CC1. The first-order valence-electron chi connectivity index (χ1n) is 6.31. The summed E-state index contributed by atoms with van der Waals surface area (Å²) in [5.74, 6) is 0.000862. The molecule has 19 heavy (non-hydrogen) atoms. The minimum absolute atomic E-state index is 0.000862. The summed E-state index contributed by atoms with van der Waals surface area (Å²) in [6.45, 7) is 3.47. The molecule has 0 aliphatic heterocycles. The van der Waals surface area contributed by atoms with Crippen molar-refractivity contribution in [1.82, 2.24) is 9.38 Å². The molecule has 0 spiro atoms. The van der Waals surface area contributed by atoms with Gasteiger partial charge >= 0.3 is 0 Å². The normalized spacial score (nSPS) is 14.6. The number of rotatable bonds is 1. The molecule has 0 unspecified atom stereocenters. The van der Waals surface area contributed by atoms with Crippen LogP contribution in [0, 0.1) is 0 Å². The van der Waals surface area contributed by atoms with E-state index in [9.17, 15) is 9.59 Å². The summed E-state index contributed by atoms with van der Waals surface area (Å²) in [5.41, 5.74) is 2.18. The van der Waals surface area contributed by atoms with Crippen molar-refractivity contribution >= 4 is 22.6 Å². The number of Topliss-reactive ketones (excluding diaryl/α,β-unsaturated/α-hetero) is 1. The highest BCUT2D eigenvalue weighted by Crippen LogP contribution is 2.13. The highest BCUT2D eigenvalue weighted by molar-refractivity contribution is 6.13. The highest BCUT2D eigenvalue weighted by Gasteiger charge is 2.16. The minimum atomic E-state index is -0.0865. The Hall–Kier alpha value is -2.23. The smallest absolute Gasteiger partial charge is 0.265 e. The Kier molecular flexibility index (Phi) is 2.59. The van der Waals surface area contributed by atoms with Gasteiger partial charge in [-0.3, -0.25) is 14.0 Å². The van der Waals surface area contributed by atoms with Crippen molar-refractivity contribution in [2.24, 2.45) is 0 Å². The Morgan fingerprint density at radius 2 is 2.11 bits per heavy atom. The third kappa shape index (κ3) is 1.71. The lowest BCUT2D eigenvalue weighted by atomic mass is 9.95. The number of carbonyl (C=O) groups excluding carboxylic acids is 1. The van der Waals surface area contributed by atoms with Crippen LogP contribution in [0.25, 0.3) is 16.8 Å². The fourth-order valence-corrected chi connectivity index (χ4v) is 2.59. The van der Waals surface area contributed by atoms with Gasteiger partial charge in [0.1, 0.15) is 5.65 Å². The zero-order valence-corrected chi connectivity index (χ0v) is 10.9. The molecule has 0 amide bonds. The molecule has 2 aromatic rings. The summed E-state index contributed by atoms with van der Waals surface area (Å²) in [5, 5.41) is 1.17. The van der Waals surface area contributed by atoms with Crippen molar-refractivity contribution in [1.29, 1.82) is 0 Å². The number of fused-ring (bicyclic) bond motifs is 2. The predicted molar refractivity (Wildman–Crippen MR) is 73.1 cm³/mol. The zero-order valence-electron chi connectivity index (χ0n) is 10.9. The van der Waals surface area contributed by atoms with Gasteiger partial charge in [0, 0.05) is 11.8 Å². The van der Waals surface area contributed by atoms with E-state index in [-0.39, 0.29) is 11.3 Å². The Bertz CT molecular complexity index is 875. The lowest BCUT2D eigenvalue weighted by molar-refractivity contribution is -0.112. The van der Waals surface area contributed by atoms with Crippen molar-refractivity contribution in [3.63, 3.8) is 0 Å². The van der Waals surface area contributed by atoms with Gasteiger partial charge in [0.2, 0.25) is 0 Å². The van der Waals surface area contributed by atoms with Crippen LogP contribution < -0.4 is 16.1 Å². The zero-order chi connectivity index (χ0) is 13.6. The van der Waals surface area contributed by atoms with E-state index in [1.807, 2.05) is 13.0 Å². The van der Waals surface area contributed by atoms with E-state index >= 15 is 0 Å². The fraction of sp³-hybridized carbons (Fsp3) is 0.267. The molecule has 3 rings (SSSR count). The largest absolute Gasteiger partial charge is 0.295 e. The van der Waals surface area contributed by atoms with Crippen LogP contribution in [0.4, 0.5) is 0 Å². The molecule has 4 heteroatoms. The Balaban J connectivity index is 2.68. The van der Waals surface area contributed by atoms with E-state index in [4.69, 9.17) is 0 Å². The minimum Gasteiger partial charge on any atom is -0.295 e. The Morgan fingerprint density at radius 3 is 2.84 bits per heavy atom. The van der Waals surface area contributed by atoms with Crippen LogP contribution in [0.1, 0.15) is 26.7 Å². The van der Waals surface area contributed by atoms with E-state index in [0.29, 0.717) is 28.2 Å². The van der Waals surface area contributed by atoms with Crippen LogP contribution in [0.2, 0.25) is 0 Å². The van der Waals surface area contributed by atoms with Gasteiger partial charge in [0.15, 0.2) is 5.78 Å². The first kappa shape index (κ1) is 11.8. The number of carbonyl (C=O) groups is 1. The first-order chi connectivity index (χ1) is 9.09. The first-order valence-corrected chi connectivity index (χ1v) is 6.31. The maximum absolute atomic E-state index is 12.5. The number of aromatic nitrogens is 2. The van der Waals surface area contributed by atoms with E-state index < -0.39 is 0 Å². The molecular weight excluding hydrogens is 240 g/mol. The molecule has 0 saturated carbocycles. The van der Waals surface area contributed by atoms with Crippen LogP contribution in [0.5, 0.6) is 0 Å². The number of pyridine rings is 1. The maximum Gasteiger partial charge on any atom is 0.265 e. The van der Waals surface area contributed by atoms with E-state index in [1.54, 1.807) is 18.3 Å². The topological polar surface area (TPSA) is 51.4 Å². The summed E-state index contributed by atoms with van der Waals surface area (Å²) in [6, 6.07) is 5.42. The Morgan fingerprint density at radius 1 is 1.32 bits per heavy atom. The summed E-state index contributed by atoms with van der Waals surface area (Å²) >= 11 is 0. The average molecular weight is 254 g/mol. The molecule has 2 aromatic heterocycles. The van der Waals surface area contributed by atoms with Crippen LogP contribution in [-0.2, 0) is 4.79 Å². The second kappa shape index (κ2) is 4.16. The van der Waals surface area contributed by atoms with Gasteiger partial charge in [0.25, 0.3) is 5.56 Å². The quantitative estimate of drug-likeness (QED) is 0.740. The molecule has 96 valence electrons. The van der Waals surface area contributed by atoms with Crippen molar-refractivity contribution in [3.05, 3.63) is 45.3 Å². The number of nitrogens with zero attached hydrogens (tertiary/aromatic N) is 2. The molecule has 0 N–H and O–H groups in total. The molecule has 4 nitrogen and oxygen atoms in total. The fourth-order valence-electron chi connectivity index (χ4n) is 2.59. The van der Waals surface area contributed by atoms with Gasteiger partial charge < -0.3 is 0 Å². The summed E-state index contributed by atoms with van der Waals surface area (Å²) < 4.78 is 1.53. The van der Waals surface area contributed by atoms with Crippen molar-refractivity contribution < 1.29 is 4.79 Å². The van der Waals surface area contributed by atoms with Gasteiger partial charge in [-0.25, -0.2) is 4.98 Å². The molecule has 0 radical (unpaired) electrons. The van der Waals surface area contributed by atoms with Crippen molar-refractivity contribution in [3.8, 4) is 0 Å². The third-order valence-electron chi connectivity index (χ3n) is 3.62. The molecule has 2 heterocycles. The lowest BCUT2D eigenvalue weighted by Gasteiger charge is -2.12. The average Bonchev–Trinajstić information content (AvgIpc) is 2.38.